The second kappa shape index (κ2) is 6.81. The molecule has 3 rings (SSSR count). The lowest BCUT2D eigenvalue weighted by Crippen LogP contribution is -2.59. The Labute approximate surface area is 143 Å². The zero-order valence-electron chi connectivity index (χ0n) is 14.3. The first-order valence-corrected chi connectivity index (χ1v) is 8.69. The number of carbonyl (C=O) groups excluding carboxylic acids is 2. The summed E-state index contributed by atoms with van der Waals surface area (Å²) in [5.41, 5.74) is 7.49. The maximum Gasteiger partial charge on any atom is 0.321 e. The fourth-order valence-corrected chi connectivity index (χ4v) is 3.57. The molecule has 1 saturated carbocycles. The molecule has 130 valence electrons. The number of urea groups is 1. The highest BCUT2D eigenvalue weighted by Crippen LogP contribution is 2.29. The molecule has 3 amide bonds. The molecule has 1 aromatic carbocycles. The molecule has 6 nitrogen and oxygen atoms in total. The zero-order valence-corrected chi connectivity index (χ0v) is 14.3. The van der Waals surface area contributed by atoms with Crippen LogP contribution >= 0.6 is 0 Å². The molecule has 2 fully saturated rings. The molecular weight excluding hydrogens is 304 g/mol. The number of nitrogens with two attached hydrogens (primary N) is 1. The number of aryl methyl sites for hydroxylation is 1. The lowest BCUT2D eigenvalue weighted by Gasteiger charge is -2.38. The number of hydrogen-bond donors (Lipinski definition) is 2. The van der Waals surface area contributed by atoms with Gasteiger partial charge in [0.15, 0.2) is 0 Å². The standard InChI is InChI=1S/C18H26N4O2/c1-14-5-4-6-15(13-14)20-17(24)22-11-9-21(10-12-22)16(23)18(19)7-2-3-8-18/h4-6,13H,2-3,7-12,19H2,1H3,(H,20,24). The van der Waals surface area contributed by atoms with Gasteiger partial charge in [-0.05, 0) is 37.5 Å². The normalized spacial score (nSPS) is 20.1. The molecule has 3 N–H and O–H groups in total. The summed E-state index contributed by atoms with van der Waals surface area (Å²) in [6.45, 7) is 4.18. The van der Waals surface area contributed by atoms with Gasteiger partial charge in [-0.2, -0.15) is 0 Å². The van der Waals surface area contributed by atoms with Crippen LogP contribution in [0.5, 0.6) is 0 Å². The van der Waals surface area contributed by atoms with E-state index in [0.717, 1.165) is 36.9 Å². The highest BCUT2D eigenvalue weighted by atomic mass is 16.2. The lowest BCUT2D eigenvalue weighted by molar-refractivity contribution is -0.138. The minimum Gasteiger partial charge on any atom is -0.338 e. The molecule has 0 unspecified atom stereocenters. The van der Waals surface area contributed by atoms with Crippen molar-refractivity contribution in [3.63, 3.8) is 0 Å². The van der Waals surface area contributed by atoms with E-state index >= 15 is 0 Å². The summed E-state index contributed by atoms with van der Waals surface area (Å²) in [4.78, 5) is 28.5. The molecule has 1 aromatic rings. The summed E-state index contributed by atoms with van der Waals surface area (Å²) in [5, 5.41) is 2.92. The Hall–Kier alpha value is -2.08. The number of amides is 3. The van der Waals surface area contributed by atoms with E-state index in [1.54, 1.807) is 4.90 Å². The number of piperazine rings is 1. The Morgan fingerprint density at radius 1 is 1.08 bits per heavy atom. The molecule has 0 aromatic heterocycles. The second-order valence-electron chi connectivity index (χ2n) is 6.94. The van der Waals surface area contributed by atoms with Crippen LogP contribution in [0.15, 0.2) is 24.3 Å². The van der Waals surface area contributed by atoms with Crippen LogP contribution in [0.1, 0.15) is 31.2 Å². The molecular formula is C18H26N4O2. The summed E-state index contributed by atoms with van der Waals surface area (Å²) in [5.74, 6) is 0.0544. The van der Waals surface area contributed by atoms with Gasteiger partial charge in [0.2, 0.25) is 5.91 Å². The van der Waals surface area contributed by atoms with Crippen LogP contribution in [-0.2, 0) is 4.79 Å². The van der Waals surface area contributed by atoms with Crippen molar-refractivity contribution in [2.75, 3.05) is 31.5 Å². The third kappa shape index (κ3) is 3.53. The van der Waals surface area contributed by atoms with Crippen LogP contribution in [0.25, 0.3) is 0 Å². The van der Waals surface area contributed by atoms with Gasteiger partial charge in [0.1, 0.15) is 0 Å². The Balaban J connectivity index is 1.53. The number of anilines is 1. The van der Waals surface area contributed by atoms with Gasteiger partial charge in [-0.3, -0.25) is 4.79 Å². The summed E-state index contributed by atoms with van der Waals surface area (Å²) >= 11 is 0. The topological polar surface area (TPSA) is 78.7 Å². The molecule has 0 bridgehead atoms. The molecule has 6 heteroatoms. The van der Waals surface area contributed by atoms with E-state index in [1.807, 2.05) is 36.1 Å². The fourth-order valence-electron chi connectivity index (χ4n) is 3.57. The van der Waals surface area contributed by atoms with Crippen molar-refractivity contribution in [3.8, 4) is 0 Å². The Bertz CT molecular complexity index is 617. The van der Waals surface area contributed by atoms with Crippen LogP contribution < -0.4 is 11.1 Å². The van der Waals surface area contributed by atoms with Crippen molar-refractivity contribution in [1.29, 1.82) is 0 Å². The largest absolute Gasteiger partial charge is 0.338 e. The first-order chi connectivity index (χ1) is 11.5. The third-order valence-corrected chi connectivity index (χ3v) is 5.05. The number of nitrogens with one attached hydrogen (secondary N) is 1. The fraction of sp³-hybridized carbons (Fsp3) is 0.556. The quantitative estimate of drug-likeness (QED) is 0.870. The van der Waals surface area contributed by atoms with Gasteiger partial charge in [0, 0.05) is 31.9 Å². The number of hydrogen-bond acceptors (Lipinski definition) is 3. The highest BCUT2D eigenvalue weighted by molar-refractivity contribution is 5.90. The van der Waals surface area contributed by atoms with Crippen molar-refractivity contribution < 1.29 is 9.59 Å². The van der Waals surface area contributed by atoms with Crippen molar-refractivity contribution in [1.82, 2.24) is 9.80 Å². The molecule has 1 saturated heterocycles. The van der Waals surface area contributed by atoms with Crippen molar-refractivity contribution in [3.05, 3.63) is 29.8 Å². The molecule has 0 atom stereocenters. The number of carbonyl (C=O) groups is 2. The molecule has 1 aliphatic carbocycles. The van der Waals surface area contributed by atoms with Gasteiger partial charge in [-0.15, -0.1) is 0 Å². The average molecular weight is 330 g/mol. The summed E-state index contributed by atoms with van der Waals surface area (Å²) in [6, 6.07) is 7.62. The van der Waals surface area contributed by atoms with E-state index in [1.165, 1.54) is 0 Å². The molecule has 24 heavy (non-hydrogen) atoms. The maximum atomic E-state index is 12.6. The summed E-state index contributed by atoms with van der Waals surface area (Å²) in [6.07, 6.45) is 3.61. The van der Waals surface area contributed by atoms with E-state index in [2.05, 4.69) is 5.32 Å². The van der Waals surface area contributed by atoms with Gasteiger partial charge in [0.25, 0.3) is 0 Å². The minimum atomic E-state index is -0.675. The van der Waals surface area contributed by atoms with Gasteiger partial charge in [-0.25, -0.2) is 4.79 Å². The van der Waals surface area contributed by atoms with Gasteiger partial charge >= 0.3 is 6.03 Å². The van der Waals surface area contributed by atoms with Gasteiger partial charge in [0.05, 0.1) is 5.54 Å². The SMILES string of the molecule is Cc1cccc(NC(=O)N2CCN(C(=O)C3(N)CCCC3)CC2)c1. The van der Waals surface area contributed by atoms with E-state index in [-0.39, 0.29) is 11.9 Å². The number of rotatable bonds is 2. The average Bonchev–Trinajstić information content (AvgIpc) is 3.02. The molecule has 2 aliphatic rings. The highest BCUT2D eigenvalue weighted by Gasteiger charge is 2.40. The van der Waals surface area contributed by atoms with Crippen molar-refractivity contribution in [2.45, 2.75) is 38.1 Å². The third-order valence-electron chi connectivity index (χ3n) is 5.05. The van der Waals surface area contributed by atoms with E-state index in [4.69, 9.17) is 5.73 Å². The van der Waals surface area contributed by atoms with Crippen LogP contribution in [0.3, 0.4) is 0 Å². The van der Waals surface area contributed by atoms with E-state index in [9.17, 15) is 9.59 Å². The summed E-state index contributed by atoms with van der Waals surface area (Å²) in [7, 11) is 0. The lowest BCUT2D eigenvalue weighted by atomic mass is 9.97. The first-order valence-electron chi connectivity index (χ1n) is 8.69. The monoisotopic (exact) mass is 330 g/mol. The number of nitrogens with zero attached hydrogens (tertiary/aromatic N) is 2. The number of benzene rings is 1. The van der Waals surface area contributed by atoms with Crippen LogP contribution in [-0.4, -0.2) is 53.5 Å². The predicted molar refractivity (Wildman–Crippen MR) is 93.7 cm³/mol. The second-order valence-corrected chi connectivity index (χ2v) is 6.94. The van der Waals surface area contributed by atoms with Crippen LogP contribution in [0.2, 0.25) is 0 Å². The minimum absolute atomic E-state index is 0.0544. The maximum absolute atomic E-state index is 12.6. The zero-order chi connectivity index (χ0) is 17.2. The van der Waals surface area contributed by atoms with Crippen molar-refractivity contribution in [2.24, 2.45) is 5.73 Å². The van der Waals surface area contributed by atoms with E-state index < -0.39 is 5.54 Å². The van der Waals surface area contributed by atoms with Crippen LogP contribution in [0.4, 0.5) is 10.5 Å². The van der Waals surface area contributed by atoms with Crippen LogP contribution in [0, 0.1) is 6.92 Å². The molecule has 1 heterocycles. The van der Waals surface area contributed by atoms with Crippen molar-refractivity contribution >= 4 is 17.6 Å². The Morgan fingerprint density at radius 2 is 1.71 bits per heavy atom. The van der Waals surface area contributed by atoms with Gasteiger partial charge < -0.3 is 20.9 Å². The molecule has 1 aliphatic heterocycles. The predicted octanol–water partition coefficient (Wildman–Crippen LogP) is 1.94. The Kier molecular flexibility index (Phi) is 4.76. The molecule has 0 radical (unpaired) electrons. The van der Waals surface area contributed by atoms with E-state index in [0.29, 0.717) is 26.2 Å². The smallest absolute Gasteiger partial charge is 0.321 e. The summed E-state index contributed by atoms with van der Waals surface area (Å²) < 4.78 is 0. The molecule has 0 spiro atoms. The first kappa shape index (κ1) is 16.8. The Morgan fingerprint density at radius 3 is 2.33 bits per heavy atom. The van der Waals surface area contributed by atoms with Gasteiger partial charge in [-0.1, -0.05) is 25.0 Å².